The van der Waals surface area contributed by atoms with Gasteiger partial charge in [-0.2, -0.15) is 10.4 Å². The molecular weight excluding hydrogens is 613 g/mol. The van der Waals surface area contributed by atoms with E-state index in [-0.39, 0.29) is 43.5 Å². The Morgan fingerprint density at radius 3 is 2.50 bits per heavy atom. The summed E-state index contributed by atoms with van der Waals surface area (Å²) in [5, 5.41) is 29.2. The van der Waals surface area contributed by atoms with Crippen LogP contribution in [0.5, 0.6) is 0 Å². The van der Waals surface area contributed by atoms with Gasteiger partial charge >= 0.3 is 0 Å². The standard InChI is InChI=1S/C33H32FN5O6S/c1-20-15-23(9-8-22(20)18-35)36-32(42)33(2,43)19-46(44,45)24-11-13-39(14-12-24)31(41)27-16-21(7-10-28(27)34)17-29-25-5-3-4-6-26(25)30(40)38-37-29/h3-10,15-16,24,43H,11-14,17,19H2,1-2H3,(H,36,42)(H,38,40)/t33-/m0/s1. The van der Waals surface area contributed by atoms with Gasteiger partial charge < -0.3 is 15.3 Å². The van der Waals surface area contributed by atoms with Gasteiger partial charge in [-0.1, -0.05) is 24.3 Å². The summed E-state index contributed by atoms with van der Waals surface area (Å²) in [5.41, 5.74) is -0.236. The van der Waals surface area contributed by atoms with Gasteiger partial charge in [0.15, 0.2) is 15.4 Å². The largest absolute Gasteiger partial charge is 0.379 e. The number of likely N-dealkylation sites (tertiary alicyclic amines) is 1. The molecular formula is C33H32FN5O6S. The number of hydrogen-bond donors (Lipinski definition) is 3. The predicted molar refractivity (Wildman–Crippen MR) is 169 cm³/mol. The van der Waals surface area contributed by atoms with E-state index >= 15 is 0 Å². The van der Waals surface area contributed by atoms with Gasteiger partial charge in [-0.25, -0.2) is 17.9 Å². The van der Waals surface area contributed by atoms with Gasteiger partial charge in [-0.3, -0.25) is 14.4 Å². The van der Waals surface area contributed by atoms with Gasteiger partial charge in [0.1, 0.15) is 5.82 Å². The lowest BCUT2D eigenvalue weighted by Gasteiger charge is -2.33. The fourth-order valence-corrected chi connectivity index (χ4v) is 7.72. The van der Waals surface area contributed by atoms with Gasteiger partial charge in [0.25, 0.3) is 17.4 Å². The molecule has 46 heavy (non-hydrogen) atoms. The molecule has 4 aromatic rings. The maximum Gasteiger partial charge on any atom is 0.272 e. The van der Waals surface area contributed by atoms with Crippen molar-refractivity contribution in [2.75, 3.05) is 24.2 Å². The second kappa shape index (κ2) is 12.8. The molecule has 2 heterocycles. The number of rotatable bonds is 8. The molecule has 1 aromatic heterocycles. The highest BCUT2D eigenvalue weighted by atomic mass is 32.2. The zero-order chi connectivity index (χ0) is 33.2. The van der Waals surface area contributed by atoms with Crippen LogP contribution in [0.25, 0.3) is 10.8 Å². The highest BCUT2D eigenvalue weighted by Crippen LogP contribution is 2.26. The number of nitrogens with zero attached hydrogens (tertiary/aromatic N) is 3. The number of sulfone groups is 1. The van der Waals surface area contributed by atoms with Gasteiger partial charge in [0, 0.05) is 30.6 Å². The SMILES string of the molecule is Cc1cc(NC(=O)[C@@](C)(O)CS(=O)(=O)C2CCN(C(=O)c3cc(Cc4n[nH]c(=O)c5ccccc45)ccc3F)CC2)ccc1C#N. The first-order chi connectivity index (χ1) is 21.8. The number of amides is 2. The minimum absolute atomic E-state index is 0.0391. The Balaban J connectivity index is 1.23. The molecule has 238 valence electrons. The molecule has 3 N–H and O–H groups in total. The first-order valence-corrected chi connectivity index (χ1v) is 16.3. The number of hydrogen-bond acceptors (Lipinski definition) is 8. The Bertz CT molecular complexity index is 2050. The maximum absolute atomic E-state index is 14.9. The first kappa shape index (κ1) is 32.5. The zero-order valence-corrected chi connectivity index (χ0v) is 26.0. The van der Waals surface area contributed by atoms with E-state index in [4.69, 9.17) is 5.26 Å². The van der Waals surface area contributed by atoms with Crippen molar-refractivity contribution < 1.29 is 27.5 Å². The number of anilines is 1. The summed E-state index contributed by atoms with van der Waals surface area (Å²) in [6.07, 6.45) is 0.334. The predicted octanol–water partition coefficient (Wildman–Crippen LogP) is 3.24. The molecule has 1 aliphatic rings. The Kier molecular flexibility index (Phi) is 9.05. The van der Waals surface area contributed by atoms with Crippen molar-refractivity contribution in [3.05, 3.63) is 105 Å². The first-order valence-electron chi connectivity index (χ1n) is 14.6. The minimum atomic E-state index is -3.98. The zero-order valence-electron chi connectivity index (χ0n) is 25.2. The molecule has 5 rings (SSSR count). The van der Waals surface area contributed by atoms with Crippen LogP contribution in [0.1, 0.15) is 52.5 Å². The summed E-state index contributed by atoms with van der Waals surface area (Å²) < 4.78 is 41.4. The van der Waals surface area contributed by atoms with Crippen LogP contribution in [-0.2, 0) is 21.1 Å². The number of H-pyrrole nitrogens is 1. The van der Waals surface area contributed by atoms with Crippen molar-refractivity contribution in [2.24, 2.45) is 0 Å². The maximum atomic E-state index is 14.9. The number of aromatic nitrogens is 2. The summed E-state index contributed by atoms with van der Waals surface area (Å²) in [5.74, 6) is -3.04. The Morgan fingerprint density at radius 1 is 1.13 bits per heavy atom. The number of aryl methyl sites for hydroxylation is 1. The molecule has 0 aliphatic carbocycles. The minimum Gasteiger partial charge on any atom is -0.379 e. The monoisotopic (exact) mass is 645 g/mol. The number of piperidine rings is 1. The highest BCUT2D eigenvalue weighted by molar-refractivity contribution is 7.92. The molecule has 3 aromatic carbocycles. The fourth-order valence-electron chi connectivity index (χ4n) is 5.64. The third-order valence-electron chi connectivity index (χ3n) is 8.22. The third kappa shape index (κ3) is 6.83. The highest BCUT2D eigenvalue weighted by Gasteiger charge is 2.41. The van der Waals surface area contributed by atoms with E-state index in [0.29, 0.717) is 38.8 Å². The lowest BCUT2D eigenvalue weighted by molar-refractivity contribution is -0.130. The molecule has 0 saturated carbocycles. The summed E-state index contributed by atoms with van der Waals surface area (Å²) in [6, 6.07) is 17.7. The Morgan fingerprint density at radius 2 is 1.83 bits per heavy atom. The van der Waals surface area contributed by atoms with Crippen LogP contribution in [-0.4, -0.2) is 70.1 Å². The molecule has 1 atom stereocenters. The Labute approximate surface area is 264 Å². The smallest absolute Gasteiger partial charge is 0.272 e. The van der Waals surface area contributed by atoms with E-state index < -0.39 is 44.1 Å². The van der Waals surface area contributed by atoms with E-state index in [2.05, 4.69) is 15.5 Å². The van der Waals surface area contributed by atoms with Crippen LogP contribution >= 0.6 is 0 Å². The molecule has 1 fully saturated rings. The van der Waals surface area contributed by atoms with Crippen molar-refractivity contribution in [2.45, 2.75) is 44.0 Å². The molecule has 0 radical (unpaired) electrons. The van der Waals surface area contributed by atoms with E-state index in [0.717, 1.165) is 6.92 Å². The van der Waals surface area contributed by atoms with Gasteiger partial charge in [-0.15, -0.1) is 0 Å². The van der Waals surface area contributed by atoms with Crippen LogP contribution in [0, 0.1) is 24.1 Å². The molecule has 1 aliphatic heterocycles. The number of carbonyl (C=O) groups excluding carboxylic acids is 2. The van der Waals surface area contributed by atoms with Crippen molar-refractivity contribution in [1.29, 1.82) is 5.26 Å². The molecule has 0 unspecified atom stereocenters. The number of halogens is 1. The third-order valence-corrected chi connectivity index (χ3v) is 10.7. The number of aromatic amines is 1. The van der Waals surface area contributed by atoms with Crippen molar-refractivity contribution in [3.8, 4) is 6.07 Å². The average molecular weight is 646 g/mol. The summed E-state index contributed by atoms with van der Waals surface area (Å²) in [7, 11) is -3.98. The molecule has 1 saturated heterocycles. The van der Waals surface area contributed by atoms with E-state index in [1.807, 2.05) is 6.07 Å². The fraction of sp³-hybridized carbons (Fsp3) is 0.303. The lowest BCUT2D eigenvalue weighted by Crippen LogP contribution is -2.50. The summed E-state index contributed by atoms with van der Waals surface area (Å²) in [6.45, 7) is 2.89. The molecule has 11 nitrogen and oxygen atoms in total. The van der Waals surface area contributed by atoms with Crippen LogP contribution in [0.2, 0.25) is 0 Å². The van der Waals surface area contributed by atoms with Crippen LogP contribution < -0.4 is 10.9 Å². The lowest BCUT2D eigenvalue weighted by atomic mass is 10.0. The van der Waals surface area contributed by atoms with Gasteiger partial charge in [-0.05, 0) is 74.2 Å². The second-order valence-electron chi connectivity index (χ2n) is 11.7. The number of nitriles is 1. The molecule has 13 heteroatoms. The van der Waals surface area contributed by atoms with Crippen LogP contribution in [0.4, 0.5) is 10.1 Å². The number of carbonyl (C=O) groups is 2. The van der Waals surface area contributed by atoms with Crippen molar-refractivity contribution in [3.63, 3.8) is 0 Å². The molecule has 2 amide bonds. The Hall–Kier alpha value is -4.93. The number of aliphatic hydroxyl groups is 1. The van der Waals surface area contributed by atoms with Crippen molar-refractivity contribution >= 4 is 38.1 Å². The van der Waals surface area contributed by atoms with E-state index in [1.165, 1.54) is 35.2 Å². The molecule has 0 spiro atoms. The number of benzene rings is 3. The second-order valence-corrected chi connectivity index (χ2v) is 14.0. The normalized spacial score (nSPS) is 15.2. The quantitative estimate of drug-likeness (QED) is 0.262. The number of nitrogens with one attached hydrogen (secondary N) is 2. The molecule has 0 bridgehead atoms. The number of fused-ring (bicyclic) bond motifs is 1. The summed E-state index contributed by atoms with van der Waals surface area (Å²) >= 11 is 0. The van der Waals surface area contributed by atoms with E-state index in [9.17, 15) is 32.3 Å². The van der Waals surface area contributed by atoms with Gasteiger partial charge in [0.2, 0.25) is 0 Å². The topological polar surface area (TPSA) is 173 Å². The average Bonchev–Trinajstić information content (AvgIpc) is 3.03. The van der Waals surface area contributed by atoms with Crippen LogP contribution in [0.3, 0.4) is 0 Å². The summed E-state index contributed by atoms with van der Waals surface area (Å²) in [4.78, 5) is 39.7. The van der Waals surface area contributed by atoms with E-state index in [1.54, 1.807) is 37.3 Å². The van der Waals surface area contributed by atoms with Crippen molar-refractivity contribution in [1.82, 2.24) is 15.1 Å². The van der Waals surface area contributed by atoms with Crippen LogP contribution in [0.15, 0.2) is 65.5 Å². The van der Waals surface area contributed by atoms with Gasteiger partial charge in [0.05, 0.1) is 39.3 Å².